The van der Waals surface area contributed by atoms with E-state index in [-0.39, 0.29) is 0 Å². The Balaban J connectivity index is 3.59. The maximum atomic E-state index is 9.16. The van der Waals surface area contributed by atoms with Crippen LogP contribution in [0.25, 0.3) is 0 Å². The number of hydrogen-bond acceptors (Lipinski definition) is 4. The van der Waals surface area contributed by atoms with Crippen molar-refractivity contribution in [2.75, 3.05) is 13.1 Å². The first-order valence-corrected chi connectivity index (χ1v) is 2.93. The van der Waals surface area contributed by atoms with E-state index in [1.54, 1.807) is 13.8 Å². The van der Waals surface area contributed by atoms with E-state index in [2.05, 4.69) is 0 Å². The first kappa shape index (κ1) is 8.84. The summed E-state index contributed by atoms with van der Waals surface area (Å²) in [6.45, 7) is 4.19. The molecule has 0 fully saturated rings. The average Bonchev–Trinajstić information content (AvgIpc) is 1.64. The monoisotopic (exact) mass is 133 g/mol. The molecular weight excluding hydrogens is 118 g/mol. The van der Waals surface area contributed by atoms with Crippen LogP contribution in [0.3, 0.4) is 0 Å². The zero-order valence-electron chi connectivity index (χ0n) is 5.96. The lowest BCUT2D eigenvalue weighted by Crippen LogP contribution is -2.50. The molecule has 0 atom stereocenters. The molecule has 0 saturated carbocycles. The summed E-state index contributed by atoms with van der Waals surface area (Å²) in [6, 6.07) is 0. The van der Waals surface area contributed by atoms with Crippen molar-refractivity contribution in [3.63, 3.8) is 0 Å². The SMILES string of the molecule is CC(C)(O)N(N)CCN. The van der Waals surface area contributed by atoms with Gasteiger partial charge in [-0.25, -0.2) is 5.01 Å². The zero-order valence-corrected chi connectivity index (χ0v) is 5.96. The molecule has 0 bridgehead atoms. The highest BCUT2D eigenvalue weighted by molar-refractivity contribution is 4.62. The Morgan fingerprint density at radius 1 is 1.56 bits per heavy atom. The Hall–Kier alpha value is -0.160. The molecule has 0 saturated heterocycles. The lowest BCUT2D eigenvalue weighted by Gasteiger charge is -2.28. The van der Waals surface area contributed by atoms with Gasteiger partial charge in [0.25, 0.3) is 0 Å². The molecule has 0 radical (unpaired) electrons. The molecule has 0 rings (SSSR count). The van der Waals surface area contributed by atoms with Crippen molar-refractivity contribution in [2.45, 2.75) is 19.6 Å². The van der Waals surface area contributed by atoms with Crippen LogP contribution in [0.5, 0.6) is 0 Å². The van der Waals surface area contributed by atoms with Gasteiger partial charge in [0, 0.05) is 13.1 Å². The molecule has 0 aromatic carbocycles. The number of nitrogens with two attached hydrogens (primary N) is 2. The standard InChI is InChI=1S/C5H15N3O/c1-5(2,9)8(7)4-3-6/h9H,3-4,6-7H2,1-2H3. The molecule has 9 heavy (non-hydrogen) atoms. The lowest BCUT2D eigenvalue weighted by molar-refractivity contribution is -0.0779. The molecule has 0 aliphatic heterocycles. The molecule has 4 heteroatoms. The molecule has 0 unspecified atom stereocenters. The van der Waals surface area contributed by atoms with Crippen LogP contribution in [0.2, 0.25) is 0 Å². The summed E-state index contributed by atoms with van der Waals surface area (Å²) in [5.74, 6) is 5.36. The summed E-state index contributed by atoms with van der Waals surface area (Å²) in [6.07, 6.45) is 0. The topological polar surface area (TPSA) is 75.5 Å². The first-order valence-electron chi connectivity index (χ1n) is 2.93. The van der Waals surface area contributed by atoms with E-state index in [9.17, 15) is 0 Å². The Bertz CT molecular complexity index is 78.8. The third-order valence-corrected chi connectivity index (χ3v) is 1.07. The molecule has 0 aliphatic carbocycles. The second kappa shape index (κ2) is 3.12. The van der Waals surface area contributed by atoms with Crippen LogP contribution >= 0.6 is 0 Å². The number of hydrogen-bond donors (Lipinski definition) is 3. The summed E-state index contributed by atoms with van der Waals surface area (Å²) in [7, 11) is 0. The fourth-order valence-corrected chi connectivity index (χ4v) is 0.413. The van der Waals surface area contributed by atoms with Gasteiger partial charge < -0.3 is 10.8 Å². The second-order valence-electron chi connectivity index (χ2n) is 2.48. The van der Waals surface area contributed by atoms with Gasteiger partial charge in [0.1, 0.15) is 5.72 Å². The Kier molecular flexibility index (Phi) is 3.07. The maximum absolute atomic E-state index is 9.16. The molecule has 4 nitrogen and oxygen atoms in total. The molecule has 5 N–H and O–H groups in total. The molecule has 0 aromatic rings. The molecule has 0 amide bonds. The number of nitrogens with zero attached hydrogens (tertiary/aromatic N) is 1. The number of aliphatic hydroxyl groups is 1. The van der Waals surface area contributed by atoms with Crippen molar-refractivity contribution in [3.8, 4) is 0 Å². The van der Waals surface area contributed by atoms with Gasteiger partial charge in [0.2, 0.25) is 0 Å². The van der Waals surface area contributed by atoms with Gasteiger partial charge in [0.05, 0.1) is 0 Å². The van der Waals surface area contributed by atoms with Gasteiger partial charge in [-0.2, -0.15) is 0 Å². The van der Waals surface area contributed by atoms with Crippen molar-refractivity contribution in [2.24, 2.45) is 11.6 Å². The second-order valence-corrected chi connectivity index (χ2v) is 2.48. The van der Waals surface area contributed by atoms with Gasteiger partial charge in [-0.1, -0.05) is 0 Å². The number of rotatable bonds is 3. The summed E-state index contributed by atoms with van der Waals surface area (Å²) >= 11 is 0. The zero-order chi connectivity index (χ0) is 7.49. The van der Waals surface area contributed by atoms with Crippen LogP contribution < -0.4 is 11.6 Å². The van der Waals surface area contributed by atoms with E-state index in [0.717, 1.165) is 0 Å². The fraction of sp³-hybridized carbons (Fsp3) is 1.00. The van der Waals surface area contributed by atoms with Gasteiger partial charge in [-0.05, 0) is 13.8 Å². The van der Waals surface area contributed by atoms with Crippen molar-refractivity contribution in [1.29, 1.82) is 0 Å². The van der Waals surface area contributed by atoms with Crippen LogP contribution in [-0.2, 0) is 0 Å². The smallest absolute Gasteiger partial charge is 0.125 e. The van der Waals surface area contributed by atoms with Gasteiger partial charge >= 0.3 is 0 Å². The molecule has 0 spiro atoms. The normalized spacial score (nSPS) is 12.7. The van der Waals surface area contributed by atoms with Crippen LogP contribution in [0.1, 0.15) is 13.8 Å². The minimum atomic E-state index is -0.959. The van der Waals surface area contributed by atoms with E-state index < -0.39 is 5.72 Å². The molecule has 0 heterocycles. The predicted molar refractivity (Wildman–Crippen MR) is 36.2 cm³/mol. The molecular formula is C5H15N3O. The summed E-state index contributed by atoms with van der Waals surface area (Å²) in [5, 5.41) is 10.5. The largest absolute Gasteiger partial charge is 0.375 e. The molecule has 0 aliphatic rings. The summed E-state index contributed by atoms with van der Waals surface area (Å²) in [5.41, 5.74) is 4.23. The highest BCUT2D eigenvalue weighted by Gasteiger charge is 2.18. The summed E-state index contributed by atoms with van der Waals surface area (Å²) in [4.78, 5) is 0. The van der Waals surface area contributed by atoms with Gasteiger partial charge in [0.15, 0.2) is 0 Å². The van der Waals surface area contributed by atoms with E-state index >= 15 is 0 Å². The molecule has 56 valence electrons. The third kappa shape index (κ3) is 3.42. The minimum absolute atomic E-state index is 0.459. The van der Waals surface area contributed by atoms with E-state index in [4.69, 9.17) is 16.7 Å². The van der Waals surface area contributed by atoms with E-state index in [1.165, 1.54) is 5.01 Å². The first-order chi connectivity index (χ1) is 3.98. The van der Waals surface area contributed by atoms with Gasteiger partial charge in [-0.3, -0.25) is 5.84 Å². The fourth-order valence-electron chi connectivity index (χ4n) is 0.413. The predicted octanol–water partition coefficient (Wildman–Crippen LogP) is -1.15. The van der Waals surface area contributed by atoms with Crippen LogP contribution in [0.15, 0.2) is 0 Å². The highest BCUT2D eigenvalue weighted by atomic mass is 16.3. The Morgan fingerprint density at radius 3 is 2.11 bits per heavy atom. The summed E-state index contributed by atoms with van der Waals surface area (Å²) < 4.78 is 0. The Labute approximate surface area is 55.4 Å². The molecule has 0 aromatic heterocycles. The van der Waals surface area contributed by atoms with E-state index in [1.807, 2.05) is 0 Å². The quantitative estimate of drug-likeness (QED) is 0.258. The van der Waals surface area contributed by atoms with E-state index in [0.29, 0.717) is 13.1 Å². The van der Waals surface area contributed by atoms with Crippen molar-refractivity contribution < 1.29 is 5.11 Å². The van der Waals surface area contributed by atoms with Crippen molar-refractivity contribution >= 4 is 0 Å². The average molecular weight is 133 g/mol. The Morgan fingerprint density at radius 2 is 2.00 bits per heavy atom. The van der Waals surface area contributed by atoms with Crippen LogP contribution in [-0.4, -0.2) is 28.9 Å². The third-order valence-electron chi connectivity index (χ3n) is 1.07. The maximum Gasteiger partial charge on any atom is 0.125 e. The lowest BCUT2D eigenvalue weighted by atomic mass is 10.3. The van der Waals surface area contributed by atoms with Crippen LogP contribution in [0.4, 0.5) is 0 Å². The van der Waals surface area contributed by atoms with Crippen molar-refractivity contribution in [3.05, 3.63) is 0 Å². The van der Waals surface area contributed by atoms with Crippen molar-refractivity contribution in [1.82, 2.24) is 5.01 Å². The van der Waals surface area contributed by atoms with Gasteiger partial charge in [-0.15, -0.1) is 0 Å². The minimum Gasteiger partial charge on any atom is -0.375 e. The van der Waals surface area contributed by atoms with Crippen LogP contribution in [0, 0.1) is 0 Å². The highest BCUT2D eigenvalue weighted by Crippen LogP contribution is 2.02. The number of hydrazine groups is 1.